The van der Waals surface area contributed by atoms with Crippen molar-refractivity contribution in [2.45, 2.75) is 40.0 Å². The third-order valence-electron chi connectivity index (χ3n) is 6.15. The molecule has 0 fully saturated rings. The topological polar surface area (TPSA) is 58.2 Å². The van der Waals surface area contributed by atoms with Crippen LogP contribution in [0.3, 0.4) is 0 Å². The summed E-state index contributed by atoms with van der Waals surface area (Å²) < 4.78 is 0.805. The van der Waals surface area contributed by atoms with Crippen LogP contribution in [0.4, 0.5) is 10.7 Å². The highest BCUT2D eigenvalue weighted by molar-refractivity contribution is 9.10. The second kappa shape index (κ2) is 9.61. The van der Waals surface area contributed by atoms with Gasteiger partial charge in [0.25, 0.3) is 11.8 Å². The van der Waals surface area contributed by atoms with Gasteiger partial charge in [0.05, 0.1) is 11.3 Å². The summed E-state index contributed by atoms with van der Waals surface area (Å²) in [5.41, 5.74) is 2.94. The number of carbonyl (C=O) groups excluding carboxylic acids is 2. The molecule has 7 heteroatoms. The summed E-state index contributed by atoms with van der Waals surface area (Å²) in [4.78, 5) is 27.6. The van der Waals surface area contributed by atoms with Gasteiger partial charge in [-0.1, -0.05) is 50.6 Å². The average Bonchev–Trinajstić information content (AvgIpc) is 3.11. The van der Waals surface area contributed by atoms with Gasteiger partial charge in [-0.25, -0.2) is 0 Å². The minimum atomic E-state index is -0.279. The largest absolute Gasteiger partial charge is 0.321 e. The third-order valence-corrected chi connectivity index (χ3v) is 8.25. The number of rotatable bonds is 4. The molecule has 1 unspecified atom stereocenters. The molecule has 1 aliphatic rings. The minimum Gasteiger partial charge on any atom is -0.321 e. The monoisotopic (exact) mass is 544 g/mol. The molecule has 0 aliphatic heterocycles. The number of halogens is 2. The zero-order valence-corrected chi connectivity index (χ0v) is 22.0. The molecule has 0 bridgehead atoms. The van der Waals surface area contributed by atoms with Crippen molar-refractivity contribution in [3.8, 4) is 0 Å². The van der Waals surface area contributed by atoms with Crippen molar-refractivity contribution in [3.63, 3.8) is 0 Å². The summed E-state index contributed by atoms with van der Waals surface area (Å²) in [6, 6.07) is 14.3. The Morgan fingerprint density at radius 2 is 1.82 bits per heavy atom. The smallest absolute Gasteiger partial charge is 0.258 e. The van der Waals surface area contributed by atoms with Gasteiger partial charge in [0.15, 0.2) is 0 Å². The molecule has 2 amide bonds. The fourth-order valence-corrected chi connectivity index (χ4v) is 6.10. The molecule has 0 spiro atoms. The number of para-hydroxylation sites is 1. The van der Waals surface area contributed by atoms with E-state index in [1.807, 2.05) is 24.3 Å². The van der Waals surface area contributed by atoms with E-state index in [1.54, 1.807) is 24.3 Å². The van der Waals surface area contributed by atoms with Crippen LogP contribution in [0.2, 0.25) is 5.02 Å². The van der Waals surface area contributed by atoms with E-state index in [1.165, 1.54) is 16.2 Å². The Bertz CT molecular complexity index is 1220. The Hall–Kier alpha value is -2.15. The Morgan fingerprint density at radius 1 is 1.06 bits per heavy atom. The molecular weight excluding hydrogens is 520 g/mol. The molecule has 172 valence electrons. The van der Waals surface area contributed by atoms with Crippen molar-refractivity contribution in [1.82, 2.24) is 0 Å². The molecule has 1 aliphatic carbocycles. The van der Waals surface area contributed by atoms with Gasteiger partial charge in [-0.15, -0.1) is 11.3 Å². The van der Waals surface area contributed by atoms with Gasteiger partial charge >= 0.3 is 0 Å². The summed E-state index contributed by atoms with van der Waals surface area (Å²) in [7, 11) is 0. The molecule has 4 rings (SSSR count). The summed E-state index contributed by atoms with van der Waals surface area (Å²) in [6.07, 6.45) is 2.75. The molecule has 2 N–H and O–H groups in total. The van der Waals surface area contributed by atoms with E-state index in [-0.39, 0.29) is 17.2 Å². The van der Waals surface area contributed by atoms with Crippen LogP contribution in [-0.2, 0) is 12.8 Å². The number of hydrogen-bond acceptors (Lipinski definition) is 3. The van der Waals surface area contributed by atoms with Crippen LogP contribution in [-0.4, -0.2) is 11.8 Å². The number of nitrogens with one attached hydrogen (secondary N) is 2. The lowest BCUT2D eigenvalue weighted by Crippen LogP contribution is -2.27. The van der Waals surface area contributed by atoms with Crippen molar-refractivity contribution in [2.75, 3.05) is 10.6 Å². The van der Waals surface area contributed by atoms with Crippen LogP contribution in [0.1, 0.15) is 58.3 Å². The molecule has 33 heavy (non-hydrogen) atoms. The van der Waals surface area contributed by atoms with Gasteiger partial charge < -0.3 is 10.6 Å². The molecule has 1 atom stereocenters. The maximum absolute atomic E-state index is 13.5. The fourth-order valence-electron chi connectivity index (χ4n) is 4.21. The number of fused-ring (bicyclic) bond motifs is 1. The van der Waals surface area contributed by atoms with Crippen LogP contribution in [0, 0.1) is 11.3 Å². The van der Waals surface area contributed by atoms with Gasteiger partial charge in [-0.2, -0.15) is 0 Å². The number of thiophene rings is 1. The lowest BCUT2D eigenvalue weighted by atomic mass is 9.72. The normalized spacial score (nSPS) is 15.6. The van der Waals surface area contributed by atoms with Gasteiger partial charge in [0, 0.05) is 19.9 Å². The quantitative estimate of drug-likeness (QED) is 0.351. The van der Waals surface area contributed by atoms with E-state index >= 15 is 0 Å². The number of hydrogen-bond donors (Lipinski definition) is 2. The maximum atomic E-state index is 13.5. The molecule has 1 heterocycles. The summed E-state index contributed by atoms with van der Waals surface area (Å²) >= 11 is 11.1. The Morgan fingerprint density at radius 3 is 2.52 bits per heavy atom. The number of amides is 2. The van der Waals surface area contributed by atoms with E-state index in [9.17, 15) is 9.59 Å². The van der Waals surface area contributed by atoms with E-state index in [0.717, 1.165) is 29.3 Å². The second-order valence-corrected chi connectivity index (χ2v) is 11.8. The molecule has 0 saturated heterocycles. The van der Waals surface area contributed by atoms with Crippen LogP contribution in [0.15, 0.2) is 53.0 Å². The summed E-state index contributed by atoms with van der Waals surface area (Å²) in [5, 5.41) is 7.09. The van der Waals surface area contributed by atoms with Gasteiger partial charge in [-0.05, 0) is 82.4 Å². The summed E-state index contributed by atoms with van der Waals surface area (Å²) in [5.74, 6) is 0.0349. The van der Waals surface area contributed by atoms with Crippen molar-refractivity contribution in [1.29, 1.82) is 0 Å². The highest BCUT2D eigenvalue weighted by Crippen LogP contribution is 2.44. The van der Waals surface area contributed by atoms with Crippen LogP contribution >= 0.6 is 38.9 Å². The molecule has 1 aromatic heterocycles. The van der Waals surface area contributed by atoms with Gasteiger partial charge in [-0.3, -0.25) is 9.59 Å². The van der Waals surface area contributed by atoms with Crippen molar-refractivity contribution in [2.24, 2.45) is 11.3 Å². The molecule has 2 aromatic carbocycles. The van der Waals surface area contributed by atoms with Crippen LogP contribution in [0.5, 0.6) is 0 Å². The van der Waals surface area contributed by atoms with Crippen LogP contribution in [0.25, 0.3) is 0 Å². The summed E-state index contributed by atoms with van der Waals surface area (Å²) in [6.45, 7) is 6.79. The molecule has 0 radical (unpaired) electrons. The standard InChI is InChI=1S/C26H26BrClN2O2S/c1-26(2,3)16-11-12-18-21(14-16)33-25(30-23(31)15-7-6-8-17(28)13-15)22(18)24(32)29-20-10-5-4-9-19(20)27/h4-10,13,16H,11-12,14H2,1-3H3,(H,29,32)(H,30,31). The van der Waals surface area contributed by atoms with Gasteiger partial charge in [0.2, 0.25) is 0 Å². The Balaban J connectivity index is 1.70. The lowest BCUT2D eigenvalue weighted by Gasteiger charge is -2.33. The van der Waals surface area contributed by atoms with E-state index in [4.69, 9.17) is 11.6 Å². The highest BCUT2D eigenvalue weighted by Gasteiger charge is 2.34. The lowest BCUT2D eigenvalue weighted by molar-refractivity contribution is 0.102. The molecule has 0 saturated carbocycles. The Labute approximate surface area is 211 Å². The fraction of sp³-hybridized carbons (Fsp3) is 0.308. The highest BCUT2D eigenvalue weighted by atomic mass is 79.9. The first-order valence-electron chi connectivity index (χ1n) is 10.9. The van der Waals surface area contributed by atoms with E-state index in [0.29, 0.717) is 32.8 Å². The SMILES string of the molecule is CC(C)(C)C1CCc2c(sc(NC(=O)c3cccc(Cl)c3)c2C(=O)Nc2ccccc2Br)C1. The predicted molar refractivity (Wildman–Crippen MR) is 141 cm³/mol. The number of carbonyl (C=O) groups is 2. The minimum absolute atomic E-state index is 0.184. The number of anilines is 2. The Kier molecular flexibility index (Phi) is 6.99. The second-order valence-electron chi connectivity index (χ2n) is 9.41. The third kappa shape index (κ3) is 5.34. The van der Waals surface area contributed by atoms with E-state index < -0.39 is 0 Å². The first-order chi connectivity index (χ1) is 15.6. The first kappa shape index (κ1) is 24.0. The molecular formula is C26H26BrClN2O2S. The zero-order chi connectivity index (χ0) is 23.8. The number of benzene rings is 2. The van der Waals surface area contributed by atoms with E-state index in [2.05, 4.69) is 47.3 Å². The zero-order valence-electron chi connectivity index (χ0n) is 18.8. The average molecular weight is 546 g/mol. The molecule has 4 nitrogen and oxygen atoms in total. The van der Waals surface area contributed by atoms with Crippen LogP contribution < -0.4 is 10.6 Å². The van der Waals surface area contributed by atoms with Crippen molar-refractivity contribution in [3.05, 3.63) is 79.6 Å². The first-order valence-corrected chi connectivity index (χ1v) is 12.9. The van der Waals surface area contributed by atoms with Crippen molar-refractivity contribution < 1.29 is 9.59 Å². The maximum Gasteiger partial charge on any atom is 0.258 e. The van der Waals surface area contributed by atoms with Gasteiger partial charge in [0.1, 0.15) is 5.00 Å². The predicted octanol–water partition coefficient (Wildman–Crippen LogP) is 7.82. The van der Waals surface area contributed by atoms with Crippen molar-refractivity contribution >= 4 is 61.4 Å². The molecule has 3 aromatic rings.